The molecule has 0 saturated carbocycles. The van der Waals surface area contributed by atoms with Gasteiger partial charge in [-0.25, -0.2) is 4.79 Å². The second-order valence-electron chi connectivity index (χ2n) is 19.1. The minimum Gasteiger partial charge on any atom is -0.460 e. The zero-order valence-electron chi connectivity index (χ0n) is 38.9. The van der Waals surface area contributed by atoms with Gasteiger partial charge >= 0.3 is 18.0 Å². The predicted octanol–water partition coefficient (Wildman–Crippen LogP) is 6.61. The highest BCUT2D eigenvalue weighted by atomic mass is 16.6. The third kappa shape index (κ3) is 21.1. The van der Waals surface area contributed by atoms with Gasteiger partial charge in [0.1, 0.15) is 22.5 Å². The molecule has 0 aliphatic rings. The van der Waals surface area contributed by atoms with Gasteiger partial charge in [-0.3, -0.25) is 23.6 Å². The van der Waals surface area contributed by atoms with Gasteiger partial charge in [0.25, 0.3) is 0 Å². The zero-order valence-corrected chi connectivity index (χ0v) is 38.9. The SMILES string of the molecule is CC(C)(C)OC(=O)CCCCn1cc(CC(COCc2ccccc2)(Cc2cn(CCCCC(=O)OC(C)(C)C)nn2)Cn2cc(COCCCNC(=O)OC(C)(C)C)nn2)nn1. The van der Waals surface area contributed by atoms with Crippen LogP contribution in [0.3, 0.4) is 0 Å². The summed E-state index contributed by atoms with van der Waals surface area (Å²) in [5.41, 5.74) is 1.00. The minimum absolute atomic E-state index is 0.213. The highest BCUT2D eigenvalue weighted by Crippen LogP contribution is 2.31. The molecule has 63 heavy (non-hydrogen) atoms. The molecule has 0 aliphatic heterocycles. The van der Waals surface area contributed by atoms with Crippen molar-refractivity contribution in [2.24, 2.45) is 5.41 Å². The van der Waals surface area contributed by atoms with E-state index in [9.17, 15) is 14.4 Å². The fraction of sp³-hybridized carbons (Fsp3) is 0.667. The molecule has 0 radical (unpaired) electrons. The van der Waals surface area contributed by atoms with Crippen LogP contribution in [0.4, 0.5) is 4.79 Å². The van der Waals surface area contributed by atoms with Crippen LogP contribution in [0.2, 0.25) is 0 Å². The number of aryl methyl sites for hydroxylation is 2. The van der Waals surface area contributed by atoms with Crippen LogP contribution >= 0.6 is 0 Å². The number of nitrogens with one attached hydrogen (secondary N) is 1. The molecular weight excluding hydrogens is 809 g/mol. The molecular formula is C45H70N10O8. The number of alkyl carbamates (subject to hydrolysis) is 1. The lowest BCUT2D eigenvalue weighted by atomic mass is 9.79. The Hall–Kier alpha value is -5.23. The van der Waals surface area contributed by atoms with Gasteiger partial charge in [0.05, 0.1) is 44.0 Å². The maximum Gasteiger partial charge on any atom is 0.407 e. The van der Waals surface area contributed by atoms with E-state index in [-0.39, 0.29) is 18.5 Å². The van der Waals surface area contributed by atoms with Crippen molar-refractivity contribution < 1.29 is 38.1 Å². The molecule has 18 nitrogen and oxygen atoms in total. The second-order valence-corrected chi connectivity index (χ2v) is 19.1. The van der Waals surface area contributed by atoms with E-state index < -0.39 is 28.3 Å². The van der Waals surface area contributed by atoms with Crippen molar-refractivity contribution in [2.75, 3.05) is 19.8 Å². The number of hydrogen-bond acceptors (Lipinski definition) is 14. The van der Waals surface area contributed by atoms with Crippen LogP contribution in [-0.4, -0.2) is 99.6 Å². The number of ether oxygens (including phenoxy) is 5. The van der Waals surface area contributed by atoms with E-state index in [0.717, 1.165) is 29.8 Å². The lowest BCUT2D eigenvalue weighted by Gasteiger charge is -2.32. The number of esters is 2. The first-order valence-corrected chi connectivity index (χ1v) is 22.0. The summed E-state index contributed by atoms with van der Waals surface area (Å²) in [6.07, 6.45) is 10.3. The third-order valence-electron chi connectivity index (χ3n) is 9.15. The van der Waals surface area contributed by atoms with E-state index in [0.29, 0.717) is 96.6 Å². The lowest BCUT2D eigenvalue weighted by Crippen LogP contribution is -2.37. The van der Waals surface area contributed by atoms with Crippen molar-refractivity contribution >= 4 is 18.0 Å². The maximum atomic E-state index is 12.3. The smallest absolute Gasteiger partial charge is 0.407 e. The average molecular weight is 879 g/mol. The Morgan fingerprint density at radius 1 is 0.587 bits per heavy atom. The summed E-state index contributed by atoms with van der Waals surface area (Å²) in [6, 6.07) is 10.0. The van der Waals surface area contributed by atoms with Crippen LogP contribution in [0.1, 0.15) is 130 Å². The Bertz CT molecular complexity index is 1900. The van der Waals surface area contributed by atoms with Gasteiger partial charge in [-0.2, -0.15) is 0 Å². The number of carbonyl (C=O) groups is 3. The van der Waals surface area contributed by atoms with Crippen LogP contribution in [0, 0.1) is 5.41 Å². The molecule has 4 rings (SSSR count). The Morgan fingerprint density at radius 3 is 1.63 bits per heavy atom. The molecule has 0 aliphatic carbocycles. The molecule has 0 spiro atoms. The van der Waals surface area contributed by atoms with Crippen LogP contribution in [0.15, 0.2) is 48.9 Å². The fourth-order valence-electron chi connectivity index (χ4n) is 6.66. The van der Waals surface area contributed by atoms with Gasteiger partial charge in [0, 0.05) is 69.7 Å². The van der Waals surface area contributed by atoms with Crippen LogP contribution in [0.5, 0.6) is 0 Å². The van der Waals surface area contributed by atoms with Crippen molar-refractivity contribution in [1.82, 2.24) is 50.3 Å². The van der Waals surface area contributed by atoms with E-state index in [1.807, 2.05) is 121 Å². The molecule has 3 heterocycles. The number of aromatic nitrogens is 9. The summed E-state index contributed by atoms with van der Waals surface area (Å²) in [7, 11) is 0. The number of amides is 1. The number of rotatable bonds is 26. The molecule has 0 atom stereocenters. The van der Waals surface area contributed by atoms with Crippen LogP contribution < -0.4 is 5.32 Å². The van der Waals surface area contributed by atoms with E-state index >= 15 is 0 Å². The topological polar surface area (TPSA) is 202 Å². The Balaban J connectivity index is 1.48. The lowest BCUT2D eigenvalue weighted by molar-refractivity contribution is -0.156. The van der Waals surface area contributed by atoms with Crippen molar-refractivity contribution in [3.8, 4) is 0 Å². The number of benzene rings is 1. The summed E-state index contributed by atoms with van der Waals surface area (Å²) in [5.74, 6) is -0.426. The summed E-state index contributed by atoms with van der Waals surface area (Å²) >= 11 is 0. The summed E-state index contributed by atoms with van der Waals surface area (Å²) < 4.78 is 34.0. The first-order valence-electron chi connectivity index (χ1n) is 22.0. The highest BCUT2D eigenvalue weighted by molar-refractivity contribution is 5.70. The van der Waals surface area contributed by atoms with E-state index in [1.54, 1.807) is 4.68 Å². The van der Waals surface area contributed by atoms with Gasteiger partial charge in [-0.15, -0.1) is 15.3 Å². The van der Waals surface area contributed by atoms with E-state index in [4.69, 9.17) is 23.7 Å². The first kappa shape index (κ1) is 50.4. The van der Waals surface area contributed by atoms with Gasteiger partial charge in [0.2, 0.25) is 0 Å². The standard InChI is InChI=1S/C45H70N10O8/c1-42(2,3)61-39(56)20-13-15-23-53-28-36(47-50-53)26-45(34-60-31-35-18-11-10-12-19-35,27-37-29-54(51-48-37)24-16-14-21-40(57)62-43(4,5)6)33-55-30-38(49-52-55)32-59-25-17-22-46-41(58)63-44(7,8)9/h10-12,18-19,28-30H,13-17,20-27,31-34H2,1-9H3,(H,46,58). The molecule has 1 aromatic carbocycles. The monoisotopic (exact) mass is 879 g/mol. The minimum atomic E-state index is -0.636. The number of hydrogen-bond donors (Lipinski definition) is 1. The van der Waals surface area contributed by atoms with Crippen molar-refractivity contribution in [3.63, 3.8) is 0 Å². The highest BCUT2D eigenvalue weighted by Gasteiger charge is 2.35. The van der Waals surface area contributed by atoms with Gasteiger partial charge in [-0.05, 0) is 100.0 Å². The summed E-state index contributed by atoms with van der Waals surface area (Å²) in [5, 5.41) is 29.7. The molecule has 0 fully saturated rings. The van der Waals surface area contributed by atoms with E-state index in [1.165, 1.54) is 0 Å². The quantitative estimate of drug-likeness (QED) is 0.0401. The Kier molecular flexibility index (Phi) is 19.2. The number of unbranched alkanes of at least 4 members (excludes halogenated alkanes) is 2. The average Bonchev–Trinajstić information content (AvgIpc) is 3.93. The second kappa shape index (κ2) is 24.0. The predicted molar refractivity (Wildman–Crippen MR) is 234 cm³/mol. The van der Waals surface area contributed by atoms with Crippen molar-refractivity contribution in [1.29, 1.82) is 0 Å². The van der Waals surface area contributed by atoms with Crippen LogP contribution in [0.25, 0.3) is 0 Å². The summed E-state index contributed by atoms with van der Waals surface area (Å²) in [6.45, 7) is 20.0. The summed E-state index contributed by atoms with van der Waals surface area (Å²) in [4.78, 5) is 36.5. The molecule has 3 aromatic heterocycles. The first-order chi connectivity index (χ1) is 29.7. The molecule has 0 saturated heterocycles. The normalized spacial score (nSPS) is 12.3. The van der Waals surface area contributed by atoms with Crippen molar-refractivity contribution in [3.05, 3.63) is 71.6 Å². The molecule has 0 unspecified atom stereocenters. The molecule has 0 bridgehead atoms. The van der Waals surface area contributed by atoms with Gasteiger partial charge < -0.3 is 29.0 Å². The molecule has 1 N–H and O–H groups in total. The number of carbonyl (C=O) groups excluding carboxylic acids is 3. The number of nitrogens with zero attached hydrogens (tertiary/aromatic N) is 9. The fourth-order valence-corrected chi connectivity index (χ4v) is 6.66. The van der Waals surface area contributed by atoms with Gasteiger partial charge in [0.15, 0.2) is 0 Å². The van der Waals surface area contributed by atoms with Crippen molar-refractivity contribution in [2.45, 2.75) is 170 Å². The molecule has 4 aromatic rings. The molecule has 18 heteroatoms. The Morgan fingerprint density at radius 2 is 1.10 bits per heavy atom. The Labute approximate surface area is 372 Å². The van der Waals surface area contributed by atoms with Crippen LogP contribution in [-0.2, 0) is 79.0 Å². The largest absolute Gasteiger partial charge is 0.460 e. The molecule has 1 amide bonds. The third-order valence-corrected chi connectivity index (χ3v) is 9.15. The zero-order chi connectivity index (χ0) is 45.9. The maximum absolute atomic E-state index is 12.3. The van der Waals surface area contributed by atoms with E-state index in [2.05, 4.69) is 36.3 Å². The van der Waals surface area contributed by atoms with Gasteiger partial charge in [-0.1, -0.05) is 46.0 Å². The molecule has 348 valence electrons.